The Labute approximate surface area is 142 Å². The molecule has 1 aliphatic rings. The maximum Gasteiger partial charge on any atom is 0.249 e. The predicted molar refractivity (Wildman–Crippen MR) is 95.0 cm³/mol. The SMILES string of the molecule is C[C@H]1C[C@@H](Nc2ccc(S(C)(=O)=O)cc2)C(=O)N1c1ccccc1. The summed E-state index contributed by atoms with van der Waals surface area (Å²) in [6.07, 6.45) is 1.87. The van der Waals surface area contributed by atoms with E-state index >= 15 is 0 Å². The summed E-state index contributed by atoms with van der Waals surface area (Å²) in [7, 11) is -3.21. The smallest absolute Gasteiger partial charge is 0.249 e. The molecule has 0 saturated carbocycles. The Morgan fingerprint density at radius 3 is 2.25 bits per heavy atom. The van der Waals surface area contributed by atoms with Gasteiger partial charge >= 0.3 is 0 Å². The zero-order valence-corrected chi connectivity index (χ0v) is 14.5. The normalized spacial score (nSPS) is 21.1. The number of hydrogen-bond acceptors (Lipinski definition) is 4. The van der Waals surface area contributed by atoms with E-state index in [0.717, 1.165) is 11.4 Å². The van der Waals surface area contributed by atoms with E-state index in [1.54, 1.807) is 24.3 Å². The quantitative estimate of drug-likeness (QED) is 0.926. The first-order chi connectivity index (χ1) is 11.4. The van der Waals surface area contributed by atoms with Crippen molar-refractivity contribution in [1.82, 2.24) is 0 Å². The summed E-state index contributed by atoms with van der Waals surface area (Å²) in [5.74, 6) is 0.0286. The zero-order valence-electron chi connectivity index (χ0n) is 13.6. The Morgan fingerprint density at radius 2 is 1.67 bits per heavy atom. The van der Waals surface area contributed by atoms with Crippen LogP contribution in [0.2, 0.25) is 0 Å². The van der Waals surface area contributed by atoms with Gasteiger partial charge in [-0.2, -0.15) is 0 Å². The molecule has 1 amide bonds. The summed E-state index contributed by atoms with van der Waals surface area (Å²) in [5.41, 5.74) is 1.63. The van der Waals surface area contributed by atoms with Gasteiger partial charge in [0.25, 0.3) is 0 Å². The minimum atomic E-state index is -3.21. The van der Waals surface area contributed by atoms with Crippen LogP contribution in [-0.4, -0.2) is 32.7 Å². The van der Waals surface area contributed by atoms with Crippen molar-refractivity contribution in [3.8, 4) is 0 Å². The molecule has 3 rings (SSSR count). The highest BCUT2D eigenvalue weighted by Gasteiger charge is 2.37. The Hall–Kier alpha value is -2.34. The number of benzene rings is 2. The number of hydrogen-bond donors (Lipinski definition) is 1. The number of rotatable bonds is 4. The van der Waals surface area contributed by atoms with Gasteiger partial charge in [0.2, 0.25) is 5.91 Å². The molecule has 0 radical (unpaired) electrons. The molecular formula is C18H20N2O3S. The summed E-state index contributed by atoms with van der Waals surface area (Å²) in [4.78, 5) is 14.8. The summed E-state index contributed by atoms with van der Waals surface area (Å²) in [5, 5.41) is 3.21. The molecule has 1 heterocycles. The maximum absolute atomic E-state index is 12.7. The van der Waals surface area contributed by atoms with Crippen LogP contribution in [0.4, 0.5) is 11.4 Å². The fourth-order valence-corrected chi connectivity index (χ4v) is 3.65. The van der Waals surface area contributed by atoms with E-state index in [9.17, 15) is 13.2 Å². The van der Waals surface area contributed by atoms with Gasteiger partial charge in [0, 0.05) is 23.7 Å². The van der Waals surface area contributed by atoms with Crippen molar-refractivity contribution in [3.05, 3.63) is 54.6 Å². The van der Waals surface area contributed by atoms with Gasteiger partial charge in [-0.25, -0.2) is 8.42 Å². The molecular weight excluding hydrogens is 324 g/mol. The molecule has 126 valence electrons. The summed E-state index contributed by atoms with van der Waals surface area (Å²) < 4.78 is 23.0. The Bertz CT molecular complexity index is 832. The molecule has 1 N–H and O–H groups in total. The fraction of sp³-hybridized carbons (Fsp3) is 0.278. The lowest BCUT2D eigenvalue weighted by Crippen LogP contribution is -2.35. The molecule has 2 atom stereocenters. The largest absolute Gasteiger partial charge is 0.374 e. The number of amides is 1. The third-order valence-corrected chi connectivity index (χ3v) is 5.34. The Kier molecular flexibility index (Phi) is 4.32. The highest BCUT2D eigenvalue weighted by molar-refractivity contribution is 7.90. The molecule has 5 nitrogen and oxygen atoms in total. The van der Waals surface area contributed by atoms with Crippen LogP contribution in [0, 0.1) is 0 Å². The van der Waals surface area contributed by atoms with Gasteiger partial charge in [-0.05, 0) is 49.7 Å². The number of nitrogens with one attached hydrogen (secondary N) is 1. The second-order valence-corrected chi connectivity index (χ2v) is 8.14. The van der Waals surface area contributed by atoms with Crippen LogP contribution in [-0.2, 0) is 14.6 Å². The van der Waals surface area contributed by atoms with E-state index in [1.807, 2.05) is 42.2 Å². The van der Waals surface area contributed by atoms with E-state index in [1.165, 1.54) is 6.26 Å². The standard InChI is InChI=1S/C18H20N2O3S/c1-13-12-17(18(21)20(13)15-6-4-3-5-7-15)19-14-8-10-16(11-9-14)24(2,22)23/h3-11,13,17,19H,12H2,1-2H3/t13-,17+/m0/s1. The first-order valence-electron chi connectivity index (χ1n) is 7.81. The fourth-order valence-electron chi connectivity index (χ4n) is 3.02. The van der Waals surface area contributed by atoms with Gasteiger partial charge in [-0.1, -0.05) is 18.2 Å². The van der Waals surface area contributed by atoms with Crippen LogP contribution in [0.15, 0.2) is 59.5 Å². The zero-order chi connectivity index (χ0) is 17.3. The minimum absolute atomic E-state index is 0.0286. The van der Waals surface area contributed by atoms with E-state index in [0.29, 0.717) is 6.42 Å². The molecule has 0 unspecified atom stereocenters. The lowest BCUT2D eigenvalue weighted by atomic mass is 10.1. The summed E-state index contributed by atoms with van der Waals surface area (Å²) in [6.45, 7) is 2.03. The number of nitrogens with zero attached hydrogens (tertiary/aromatic N) is 1. The average molecular weight is 344 g/mol. The van der Waals surface area contributed by atoms with Crippen LogP contribution in [0.25, 0.3) is 0 Å². The maximum atomic E-state index is 12.7. The summed E-state index contributed by atoms with van der Waals surface area (Å²) in [6, 6.07) is 15.9. The first kappa shape index (κ1) is 16.5. The van der Waals surface area contributed by atoms with Crippen LogP contribution in [0.5, 0.6) is 0 Å². The number of anilines is 2. The minimum Gasteiger partial charge on any atom is -0.374 e. The van der Waals surface area contributed by atoms with E-state index in [4.69, 9.17) is 0 Å². The number of carbonyl (C=O) groups is 1. The van der Waals surface area contributed by atoms with Crippen molar-refractivity contribution in [2.24, 2.45) is 0 Å². The van der Waals surface area contributed by atoms with Crippen LogP contribution < -0.4 is 10.2 Å². The molecule has 0 aromatic heterocycles. The molecule has 0 spiro atoms. The second-order valence-electron chi connectivity index (χ2n) is 6.12. The van der Waals surface area contributed by atoms with Gasteiger partial charge in [0.15, 0.2) is 9.84 Å². The van der Waals surface area contributed by atoms with Gasteiger partial charge in [-0.15, -0.1) is 0 Å². The molecule has 0 aliphatic carbocycles. The van der Waals surface area contributed by atoms with Crippen LogP contribution in [0.3, 0.4) is 0 Å². The summed E-state index contributed by atoms with van der Waals surface area (Å²) >= 11 is 0. The van der Waals surface area contributed by atoms with E-state index < -0.39 is 9.84 Å². The molecule has 24 heavy (non-hydrogen) atoms. The number of para-hydroxylation sites is 1. The van der Waals surface area contributed by atoms with Crippen molar-refractivity contribution in [2.75, 3.05) is 16.5 Å². The lowest BCUT2D eigenvalue weighted by Gasteiger charge is -2.21. The van der Waals surface area contributed by atoms with Crippen molar-refractivity contribution >= 4 is 27.1 Å². The van der Waals surface area contributed by atoms with Crippen molar-refractivity contribution < 1.29 is 13.2 Å². The number of carbonyl (C=O) groups excluding carboxylic acids is 1. The molecule has 1 saturated heterocycles. The van der Waals surface area contributed by atoms with Gasteiger partial charge < -0.3 is 10.2 Å². The molecule has 0 bridgehead atoms. The Balaban J connectivity index is 1.76. The lowest BCUT2D eigenvalue weighted by molar-refractivity contribution is -0.117. The highest BCUT2D eigenvalue weighted by Crippen LogP contribution is 2.28. The van der Waals surface area contributed by atoms with Crippen LogP contribution >= 0.6 is 0 Å². The van der Waals surface area contributed by atoms with Crippen molar-refractivity contribution in [3.63, 3.8) is 0 Å². The molecule has 1 fully saturated rings. The van der Waals surface area contributed by atoms with E-state index in [2.05, 4.69) is 5.32 Å². The number of sulfone groups is 1. The van der Waals surface area contributed by atoms with Crippen molar-refractivity contribution in [1.29, 1.82) is 0 Å². The Morgan fingerprint density at radius 1 is 1.04 bits per heavy atom. The predicted octanol–water partition coefficient (Wildman–Crippen LogP) is 2.70. The molecule has 2 aromatic carbocycles. The van der Waals surface area contributed by atoms with Crippen molar-refractivity contribution in [2.45, 2.75) is 30.3 Å². The molecule has 1 aliphatic heterocycles. The first-order valence-corrected chi connectivity index (χ1v) is 9.70. The molecule has 6 heteroatoms. The van der Waals surface area contributed by atoms with Crippen LogP contribution in [0.1, 0.15) is 13.3 Å². The average Bonchev–Trinajstić information content (AvgIpc) is 2.82. The topological polar surface area (TPSA) is 66.5 Å². The third kappa shape index (κ3) is 3.28. The monoisotopic (exact) mass is 344 g/mol. The van der Waals surface area contributed by atoms with Gasteiger partial charge in [-0.3, -0.25) is 4.79 Å². The van der Waals surface area contributed by atoms with Gasteiger partial charge in [0.1, 0.15) is 6.04 Å². The second kappa shape index (κ2) is 6.28. The molecule has 2 aromatic rings. The third-order valence-electron chi connectivity index (χ3n) is 4.21. The van der Waals surface area contributed by atoms with Gasteiger partial charge in [0.05, 0.1) is 4.90 Å². The van der Waals surface area contributed by atoms with E-state index in [-0.39, 0.29) is 22.9 Å². The highest BCUT2D eigenvalue weighted by atomic mass is 32.2.